The van der Waals surface area contributed by atoms with E-state index < -0.39 is 5.91 Å². The molecule has 147 heavy (non-hydrogen) atoms. The molecule has 9 heterocycles. The minimum Gasteiger partial charge on any atom is -0.496 e. The number of hydrogen-bond donors (Lipinski definition) is 6. The molecule has 5 saturated carbocycles. The van der Waals surface area contributed by atoms with E-state index >= 15 is 0 Å². The predicted octanol–water partition coefficient (Wildman–Crippen LogP) is 18.4. The van der Waals surface area contributed by atoms with Crippen molar-refractivity contribution in [2.75, 3.05) is 122 Å². The summed E-state index contributed by atoms with van der Waals surface area (Å²) >= 11 is 1.64. The zero-order chi connectivity index (χ0) is 103. The standard InChI is InChI=1S/C29H39N5O3S.C28H40N4O4.C27H38N8O3.C27H37N5O3/c1-36-25-11-8-12-26(37-2)28(25)24-20-23(32-34(24)22-9-4-5-10-22)29(35)31-21(19-27-30-14-18-38-27)13-17-33-15-6-3-7-16-33;1-35-24-13-8-14-25(36-2)27(24)23-18-22(31-32(23)21-11-6-7-12-21)28(34)30-20(17-26(29)33)16-15-19-9-4-3-5-10-19;1-37-23-11-8-12-24(38-2)26(23)22-18-21(31-35(22)20-9-4-5-10-20)27(36)28-19(17-25-29-32-33-30-25)13-16-34-14-6-3-7-15-34;1-28-19-20(14-17-31-15-7-4-8-16-31)29-27(33)22-18-23(32(30-22)21-10-5-6-11-21)26-24(34-2)12-9-13-25(26)35-3/h8,11-12,14,18,20-22H,3-7,9-10,13,15-17,19H2,1-2H3,(H,31,35);8,13-14,18-21H,3-7,9-12,15-17H2,1-2H3,(H2,29,33)(H,30,34);8,11-12,18-20H,3-7,9-10,13-17H2,1-2H3,(H,28,36)(H,29,30,32,33);9,12-13,18,20-21H,4-8,10-11,14-17,19H2,2-3H3,(H,29,33)/t21-;20-;19-;20-/m0000/s1. The molecule has 35 nitrogen and oxygen atoms in total. The van der Waals surface area contributed by atoms with Crippen LogP contribution in [0.3, 0.4) is 0 Å². The fourth-order valence-electron chi connectivity index (χ4n) is 22.7. The number of thiazole rings is 1. The number of ether oxygens (including phenoxy) is 8. The van der Waals surface area contributed by atoms with Crippen LogP contribution in [0.5, 0.6) is 46.0 Å². The molecule has 6 aromatic heterocycles. The molecule has 0 radical (unpaired) electrons. The molecule has 10 aromatic rings. The van der Waals surface area contributed by atoms with Crippen molar-refractivity contribution in [3.05, 3.63) is 154 Å². The maximum atomic E-state index is 13.7. The second-order valence-electron chi connectivity index (χ2n) is 40.3. The molecule has 36 heteroatoms. The SMILES string of the molecule is COc1cccc(OC)c1-c1cc(C(=O)N[C@@H](CCC2CCCCC2)CC(N)=O)nn1C1CCCC1.COc1cccc(OC)c1-c1cc(C(=O)N[C@@H](CCN2CCCCC2)Cc2nccs2)nn1C1CCCC1.COc1cccc(OC)c1-c1cc(C(=O)N[C@@H](CCN2CCCCC2)Cc2nn[nH]n2)nn1C1CCCC1.[C-]#[N+]C[C@H](CCN1CCCCC1)NC(=O)c1cc(-c2c(OC)cccc2OC)n(C2CCCC2)n1. The first-order valence-electron chi connectivity index (χ1n) is 53.8. The summed E-state index contributed by atoms with van der Waals surface area (Å²) in [5, 5.41) is 49.5. The Bertz CT molecular complexity index is 5570. The van der Waals surface area contributed by atoms with E-state index in [1.165, 1.54) is 103 Å². The third-order valence-electron chi connectivity index (χ3n) is 30.5. The van der Waals surface area contributed by atoms with E-state index in [-0.39, 0.29) is 84.9 Å². The number of aromatic amines is 1. The number of likely N-dealkylation sites (tertiary alicyclic amines) is 3. The van der Waals surface area contributed by atoms with Crippen molar-refractivity contribution in [1.29, 1.82) is 0 Å². The van der Waals surface area contributed by atoms with Crippen molar-refractivity contribution in [2.24, 2.45) is 11.7 Å². The maximum Gasteiger partial charge on any atom is 0.272 e. The van der Waals surface area contributed by atoms with Crippen LogP contribution in [0.4, 0.5) is 0 Å². The number of nitrogens with two attached hydrogens (primary N) is 1. The van der Waals surface area contributed by atoms with Gasteiger partial charge in [0.05, 0.1) is 131 Å². The van der Waals surface area contributed by atoms with Crippen molar-refractivity contribution in [3.63, 3.8) is 0 Å². The number of nitrogens with one attached hydrogen (secondary N) is 5. The van der Waals surface area contributed by atoms with Gasteiger partial charge in [-0.05, 0) is 240 Å². The highest BCUT2D eigenvalue weighted by Gasteiger charge is 2.36. The van der Waals surface area contributed by atoms with E-state index in [9.17, 15) is 24.0 Å². The fourth-order valence-corrected chi connectivity index (χ4v) is 23.4. The molecular weight excluding hydrogens is 1880 g/mol. The summed E-state index contributed by atoms with van der Waals surface area (Å²) in [7, 11) is 13.1. The number of H-pyrrole nitrogens is 1. The minimum atomic E-state index is -0.403. The van der Waals surface area contributed by atoms with E-state index in [2.05, 4.69) is 66.4 Å². The number of methoxy groups -OCH3 is 8. The van der Waals surface area contributed by atoms with Crippen molar-refractivity contribution in [1.82, 2.24) is 101 Å². The van der Waals surface area contributed by atoms with Gasteiger partial charge >= 0.3 is 0 Å². The van der Waals surface area contributed by atoms with Crippen molar-refractivity contribution < 1.29 is 61.9 Å². The summed E-state index contributed by atoms with van der Waals surface area (Å²) in [5.74, 6) is 5.48. The number of nitrogens with zero attached hydrogens (tertiary/aromatic N) is 16. The van der Waals surface area contributed by atoms with Crippen LogP contribution in [-0.2, 0) is 17.6 Å². The van der Waals surface area contributed by atoms with Gasteiger partial charge in [-0.2, -0.15) is 25.6 Å². The maximum absolute atomic E-state index is 13.7. The van der Waals surface area contributed by atoms with Gasteiger partial charge in [0, 0.05) is 68.6 Å². The molecule has 3 aliphatic heterocycles. The Morgan fingerprint density at radius 2 is 0.701 bits per heavy atom. The topological polar surface area (TPSA) is 386 Å². The highest BCUT2D eigenvalue weighted by molar-refractivity contribution is 7.09. The third kappa shape index (κ3) is 29.4. The lowest BCUT2D eigenvalue weighted by Gasteiger charge is -2.28. The predicted molar refractivity (Wildman–Crippen MR) is 568 cm³/mol. The Morgan fingerprint density at radius 1 is 0.401 bits per heavy atom. The van der Waals surface area contributed by atoms with Crippen molar-refractivity contribution in [2.45, 2.75) is 292 Å². The normalized spacial score (nSPS) is 17.5. The molecule has 0 spiro atoms. The highest BCUT2D eigenvalue weighted by atomic mass is 32.1. The Labute approximate surface area is 869 Å². The lowest BCUT2D eigenvalue weighted by molar-refractivity contribution is -0.118. The average Bonchev–Trinajstić information content (AvgIpc) is 1.65. The monoisotopic (exact) mass is 2040 g/mol. The number of rotatable bonds is 43. The van der Waals surface area contributed by atoms with Crippen LogP contribution < -0.4 is 64.9 Å². The van der Waals surface area contributed by atoms with Crippen molar-refractivity contribution >= 4 is 40.9 Å². The molecule has 18 rings (SSSR count). The van der Waals surface area contributed by atoms with E-state index in [0.29, 0.717) is 86.9 Å². The number of primary amides is 1. The van der Waals surface area contributed by atoms with Gasteiger partial charge < -0.3 is 84.4 Å². The number of carbonyl (C=O) groups is 5. The molecule has 792 valence electrons. The number of amides is 5. The Morgan fingerprint density at radius 3 is 0.993 bits per heavy atom. The number of tetrazole rings is 1. The smallest absolute Gasteiger partial charge is 0.272 e. The van der Waals surface area contributed by atoms with E-state index in [1.807, 2.05) is 127 Å². The van der Waals surface area contributed by atoms with Gasteiger partial charge in [-0.1, -0.05) is 132 Å². The minimum absolute atomic E-state index is 0.00328. The van der Waals surface area contributed by atoms with Gasteiger partial charge in [0.1, 0.15) is 52.0 Å². The number of carbonyl (C=O) groups excluding carboxylic acids is 5. The van der Waals surface area contributed by atoms with E-state index in [1.54, 1.807) is 68.2 Å². The van der Waals surface area contributed by atoms with Crippen molar-refractivity contribution in [3.8, 4) is 91.0 Å². The second-order valence-corrected chi connectivity index (χ2v) is 41.3. The molecule has 0 bridgehead atoms. The molecule has 5 amide bonds. The van der Waals surface area contributed by atoms with Gasteiger partial charge in [0.15, 0.2) is 28.6 Å². The van der Waals surface area contributed by atoms with Gasteiger partial charge in [-0.25, -0.2) is 11.6 Å². The van der Waals surface area contributed by atoms with Gasteiger partial charge in [0.25, 0.3) is 23.6 Å². The third-order valence-corrected chi connectivity index (χ3v) is 31.3. The number of piperidine rings is 3. The van der Waals surface area contributed by atoms with Gasteiger partial charge in [-0.3, -0.25) is 42.7 Å². The number of benzene rings is 4. The molecule has 8 aliphatic rings. The van der Waals surface area contributed by atoms with Crippen LogP contribution in [0.15, 0.2) is 109 Å². The van der Waals surface area contributed by atoms with Crippen LogP contribution in [0.25, 0.3) is 49.9 Å². The quantitative estimate of drug-likeness (QED) is 0.0193. The number of hydrogen-bond acceptors (Lipinski definition) is 25. The number of aromatic nitrogens is 13. The molecule has 8 fully saturated rings. The lowest BCUT2D eigenvalue weighted by atomic mass is 9.85. The van der Waals surface area contributed by atoms with Crippen LogP contribution >= 0.6 is 11.3 Å². The molecule has 4 atom stereocenters. The first-order valence-corrected chi connectivity index (χ1v) is 54.7. The summed E-state index contributed by atoms with van der Waals surface area (Å²) in [6.07, 6.45) is 42.5. The van der Waals surface area contributed by atoms with E-state index in [4.69, 9.17) is 70.6 Å². The Kier molecular flexibility index (Phi) is 41.1. The average molecular weight is 2040 g/mol. The first-order chi connectivity index (χ1) is 71.9. The largest absolute Gasteiger partial charge is 0.496 e. The molecule has 0 unspecified atom stereocenters. The van der Waals surface area contributed by atoms with Gasteiger partial charge in [-0.15, -0.1) is 21.5 Å². The molecular formula is C111H154N22O13S. The summed E-state index contributed by atoms with van der Waals surface area (Å²) < 4.78 is 53.4. The molecule has 7 N–H and O–H groups in total. The zero-order valence-electron chi connectivity index (χ0n) is 87.5. The summed E-state index contributed by atoms with van der Waals surface area (Å²) in [5.41, 5.74) is 13.6. The van der Waals surface area contributed by atoms with Crippen LogP contribution in [0.2, 0.25) is 0 Å². The Balaban J connectivity index is 0.000000147. The zero-order valence-corrected chi connectivity index (χ0v) is 88.3. The Hall–Kier alpha value is -12.5. The fraction of sp³-hybridized carbons (Fsp3) is 0.586. The van der Waals surface area contributed by atoms with Gasteiger partial charge in [0.2, 0.25) is 12.5 Å². The molecule has 4 aromatic carbocycles. The lowest BCUT2D eigenvalue weighted by Crippen LogP contribution is -2.41. The summed E-state index contributed by atoms with van der Waals surface area (Å²) in [4.78, 5) is 81.3. The first kappa shape index (κ1) is 109. The second kappa shape index (κ2) is 55.5. The highest BCUT2D eigenvalue weighted by Crippen LogP contribution is 2.48. The molecule has 3 saturated heterocycles. The molecule has 5 aliphatic carbocycles. The summed E-state index contributed by atoms with van der Waals surface area (Å²) in [6.45, 7) is 17.2. The summed E-state index contributed by atoms with van der Waals surface area (Å²) in [6, 6.07) is 30.6. The van der Waals surface area contributed by atoms with Crippen LogP contribution in [0.1, 0.15) is 308 Å². The van der Waals surface area contributed by atoms with Crippen LogP contribution in [0, 0.1) is 12.5 Å². The van der Waals surface area contributed by atoms with E-state index in [0.717, 1.165) is 237 Å². The van der Waals surface area contributed by atoms with Crippen LogP contribution in [-0.4, -0.2) is 255 Å².